The second-order valence-electron chi connectivity index (χ2n) is 7.37. The zero-order chi connectivity index (χ0) is 16.4. The smallest absolute Gasteiger partial charge is 0.347 e. The number of fused-ring (bicyclic) bond motifs is 2. The number of ether oxygens (including phenoxy) is 3. The lowest BCUT2D eigenvalue weighted by Gasteiger charge is -2.16. The average Bonchev–Trinajstić information content (AvgIpc) is 3.29. The molecule has 6 rings (SSSR count). The Bertz CT molecular complexity index is 945. The van der Waals surface area contributed by atoms with E-state index < -0.39 is 5.41 Å². The van der Waals surface area contributed by atoms with E-state index in [9.17, 15) is 9.59 Å². The van der Waals surface area contributed by atoms with E-state index >= 15 is 0 Å². The number of carbonyl (C=O) groups is 2. The van der Waals surface area contributed by atoms with E-state index in [0.717, 1.165) is 16.9 Å². The first-order valence-electron chi connectivity index (χ1n) is 8.23. The minimum Gasteiger partial charge on any atom is -0.481 e. The third-order valence-electron chi connectivity index (χ3n) is 5.98. The minimum absolute atomic E-state index is 0.0776. The fourth-order valence-corrected chi connectivity index (χ4v) is 4.65. The lowest BCUT2D eigenvalue weighted by atomic mass is 9.80. The van der Waals surface area contributed by atoms with Crippen molar-refractivity contribution in [2.45, 2.75) is 44.6 Å². The van der Waals surface area contributed by atoms with E-state index in [-0.39, 0.29) is 24.0 Å². The molecule has 0 N–H and O–H groups in total. The summed E-state index contributed by atoms with van der Waals surface area (Å²) in [5, 5.41) is 0. The summed E-state index contributed by atoms with van der Waals surface area (Å²) in [4.78, 5) is 24.1. The van der Waals surface area contributed by atoms with Crippen LogP contribution in [-0.4, -0.2) is 18.0 Å². The molecule has 0 spiro atoms. The standard InChI is InChI=1S/C18H14O6/c1-6-11-8(10-14(22-11)12(6)23-16(10)19)4-3-7-9-5-18(2)15(21-9)13(7)24-17(18)20/h6,11H,3-5H2,1-2H3/t6-,11+,18-/m1/s1. The molecular weight excluding hydrogens is 312 g/mol. The molecule has 0 amide bonds. The van der Waals surface area contributed by atoms with Crippen molar-refractivity contribution < 1.29 is 28.2 Å². The van der Waals surface area contributed by atoms with Gasteiger partial charge >= 0.3 is 11.9 Å². The second-order valence-corrected chi connectivity index (χ2v) is 7.37. The number of furan rings is 1. The zero-order valence-corrected chi connectivity index (χ0v) is 13.2. The van der Waals surface area contributed by atoms with Crippen LogP contribution in [0.15, 0.2) is 27.1 Å². The lowest BCUT2D eigenvalue weighted by Crippen LogP contribution is -2.29. The van der Waals surface area contributed by atoms with Crippen LogP contribution in [0.25, 0.3) is 0 Å². The van der Waals surface area contributed by atoms with E-state index in [1.54, 1.807) is 0 Å². The van der Waals surface area contributed by atoms with Crippen molar-refractivity contribution in [2.24, 2.45) is 5.92 Å². The SMILES string of the molecule is C[C@H]1C2=C3O[C@@H]1C(CCc1c4oc5c1OC(=O)[C@]5(C)C4)=C3C(=O)O2. The van der Waals surface area contributed by atoms with E-state index in [0.29, 0.717) is 47.9 Å². The summed E-state index contributed by atoms with van der Waals surface area (Å²) in [6, 6.07) is 0. The summed E-state index contributed by atoms with van der Waals surface area (Å²) < 4.78 is 22.4. The molecule has 6 heterocycles. The van der Waals surface area contributed by atoms with Crippen LogP contribution in [0.4, 0.5) is 0 Å². The Hall–Kier alpha value is -2.50. The van der Waals surface area contributed by atoms with Crippen molar-refractivity contribution in [2.75, 3.05) is 0 Å². The highest BCUT2D eigenvalue weighted by Gasteiger charge is 2.57. The predicted octanol–water partition coefficient (Wildman–Crippen LogP) is 2.06. The Labute approximate surface area is 137 Å². The number of hydrogen-bond donors (Lipinski definition) is 0. The molecule has 0 fully saturated rings. The van der Waals surface area contributed by atoms with Crippen molar-refractivity contribution in [3.05, 3.63) is 39.7 Å². The van der Waals surface area contributed by atoms with E-state index in [4.69, 9.17) is 18.6 Å². The molecule has 1 aromatic rings. The van der Waals surface area contributed by atoms with Crippen molar-refractivity contribution >= 4 is 11.9 Å². The van der Waals surface area contributed by atoms with Gasteiger partial charge in [-0.25, -0.2) is 4.79 Å². The molecule has 5 aliphatic heterocycles. The van der Waals surface area contributed by atoms with Gasteiger partial charge < -0.3 is 18.6 Å². The quantitative estimate of drug-likeness (QED) is 0.792. The number of carbonyl (C=O) groups excluding carboxylic acids is 2. The number of hydrogen-bond acceptors (Lipinski definition) is 6. The maximum Gasteiger partial charge on any atom is 0.347 e. The summed E-state index contributed by atoms with van der Waals surface area (Å²) in [5.74, 6) is 2.96. The molecule has 24 heavy (non-hydrogen) atoms. The molecule has 0 aliphatic carbocycles. The highest BCUT2D eigenvalue weighted by molar-refractivity contribution is 5.99. The van der Waals surface area contributed by atoms with Crippen LogP contribution in [0.5, 0.6) is 5.75 Å². The molecule has 0 unspecified atom stereocenters. The molecule has 0 saturated heterocycles. The largest absolute Gasteiger partial charge is 0.481 e. The third-order valence-corrected chi connectivity index (χ3v) is 5.98. The molecule has 0 radical (unpaired) electrons. The van der Waals surface area contributed by atoms with E-state index in [2.05, 4.69) is 0 Å². The molecule has 3 atom stereocenters. The van der Waals surface area contributed by atoms with Crippen molar-refractivity contribution in [3.8, 4) is 5.75 Å². The van der Waals surface area contributed by atoms with Crippen LogP contribution in [0, 0.1) is 5.92 Å². The van der Waals surface area contributed by atoms with Gasteiger partial charge in [0.25, 0.3) is 0 Å². The molecule has 4 bridgehead atoms. The van der Waals surface area contributed by atoms with E-state index in [1.807, 2.05) is 13.8 Å². The van der Waals surface area contributed by atoms with Gasteiger partial charge in [-0.3, -0.25) is 4.79 Å². The highest BCUT2D eigenvalue weighted by atomic mass is 16.6. The summed E-state index contributed by atoms with van der Waals surface area (Å²) >= 11 is 0. The second kappa shape index (κ2) is 3.61. The van der Waals surface area contributed by atoms with Crippen LogP contribution in [0.3, 0.4) is 0 Å². The molecule has 1 aromatic heterocycles. The van der Waals surface area contributed by atoms with Gasteiger partial charge in [0.2, 0.25) is 0 Å². The molecule has 6 heteroatoms. The predicted molar refractivity (Wildman–Crippen MR) is 77.9 cm³/mol. The highest BCUT2D eigenvalue weighted by Crippen LogP contribution is 2.55. The van der Waals surface area contributed by atoms with Crippen LogP contribution in [0.2, 0.25) is 0 Å². The minimum atomic E-state index is -0.630. The first-order valence-corrected chi connectivity index (χ1v) is 8.23. The summed E-state index contributed by atoms with van der Waals surface area (Å²) in [6.07, 6.45) is 1.80. The van der Waals surface area contributed by atoms with Crippen LogP contribution >= 0.6 is 0 Å². The van der Waals surface area contributed by atoms with Gasteiger partial charge in [0, 0.05) is 12.0 Å². The Kier molecular flexibility index (Phi) is 1.93. The molecule has 6 nitrogen and oxygen atoms in total. The first-order chi connectivity index (χ1) is 11.5. The molecule has 0 aromatic carbocycles. The Morgan fingerprint density at radius 1 is 1.21 bits per heavy atom. The maximum absolute atomic E-state index is 12.1. The van der Waals surface area contributed by atoms with Gasteiger partial charge in [0.1, 0.15) is 22.9 Å². The van der Waals surface area contributed by atoms with Crippen LogP contribution in [0.1, 0.15) is 37.4 Å². The van der Waals surface area contributed by atoms with Crippen molar-refractivity contribution in [1.29, 1.82) is 0 Å². The topological polar surface area (TPSA) is 75.0 Å². The van der Waals surface area contributed by atoms with Gasteiger partial charge in [-0.05, 0) is 25.3 Å². The summed E-state index contributed by atoms with van der Waals surface area (Å²) in [5.41, 5.74) is 1.93. The normalized spacial score (nSPS) is 33.8. The van der Waals surface area contributed by atoms with Gasteiger partial charge in [0.05, 0.1) is 5.92 Å². The van der Waals surface area contributed by atoms with Gasteiger partial charge in [-0.15, -0.1) is 0 Å². The summed E-state index contributed by atoms with van der Waals surface area (Å²) in [6.45, 7) is 3.87. The average molecular weight is 326 g/mol. The lowest BCUT2D eigenvalue weighted by molar-refractivity contribution is -0.137. The van der Waals surface area contributed by atoms with Crippen molar-refractivity contribution in [1.82, 2.24) is 0 Å². The third kappa shape index (κ3) is 1.17. The van der Waals surface area contributed by atoms with Gasteiger partial charge in [0.15, 0.2) is 23.0 Å². The molecule has 122 valence electrons. The molecule has 0 saturated carbocycles. The Morgan fingerprint density at radius 3 is 2.88 bits per heavy atom. The maximum atomic E-state index is 12.1. The zero-order valence-electron chi connectivity index (χ0n) is 13.2. The summed E-state index contributed by atoms with van der Waals surface area (Å²) in [7, 11) is 0. The van der Waals surface area contributed by atoms with Crippen LogP contribution in [-0.2, 0) is 37.3 Å². The number of esters is 2. The van der Waals surface area contributed by atoms with Crippen LogP contribution < -0.4 is 4.74 Å². The Balaban J connectivity index is 1.35. The Morgan fingerprint density at radius 2 is 2.04 bits per heavy atom. The fourth-order valence-electron chi connectivity index (χ4n) is 4.65. The fraction of sp³-hybridized carbons (Fsp3) is 0.444. The van der Waals surface area contributed by atoms with Crippen molar-refractivity contribution in [3.63, 3.8) is 0 Å². The monoisotopic (exact) mass is 326 g/mol. The molecular formula is C18H14O6. The number of rotatable bonds is 3. The van der Waals surface area contributed by atoms with Gasteiger partial charge in [-0.2, -0.15) is 0 Å². The van der Waals surface area contributed by atoms with E-state index in [1.165, 1.54) is 0 Å². The first kappa shape index (κ1) is 12.9. The van der Waals surface area contributed by atoms with Gasteiger partial charge in [-0.1, -0.05) is 6.92 Å². The molecule has 5 aliphatic rings.